The molecule has 0 atom stereocenters. The molecule has 3 aromatic rings. The Balaban J connectivity index is 1.51. The fourth-order valence-electron chi connectivity index (χ4n) is 2.78. The van der Waals surface area contributed by atoms with Crippen molar-refractivity contribution in [2.24, 2.45) is 0 Å². The third-order valence-electron chi connectivity index (χ3n) is 4.26. The zero-order chi connectivity index (χ0) is 19.0. The third-order valence-corrected chi connectivity index (χ3v) is 6.86. The molecule has 0 saturated heterocycles. The molecule has 27 heavy (non-hydrogen) atoms. The van der Waals surface area contributed by atoms with Gasteiger partial charge in [-0.05, 0) is 48.6 Å². The van der Waals surface area contributed by atoms with E-state index in [2.05, 4.69) is 9.82 Å². The Morgan fingerprint density at radius 2 is 1.96 bits per heavy atom. The minimum absolute atomic E-state index is 0.0659. The summed E-state index contributed by atoms with van der Waals surface area (Å²) in [6.07, 6.45) is 1.93. The number of halogens is 1. The van der Waals surface area contributed by atoms with Crippen LogP contribution in [0.25, 0.3) is 10.7 Å². The Hall–Kier alpha value is -1.94. The molecular weight excluding hydrogens is 408 g/mol. The van der Waals surface area contributed by atoms with Gasteiger partial charge in [-0.2, -0.15) is 0 Å². The molecule has 0 bridgehead atoms. The second-order valence-corrected chi connectivity index (χ2v) is 9.41. The van der Waals surface area contributed by atoms with Crippen molar-refractivity contribution >= 4 is 33.0 Å². The van der Waals surface area contributed by atoms with Gasteiger partial charge in [0, 0.05) is 17.6 Å². The molecule has 1 aliphatic rings. The van der Waals surface area contributed by atoms with E-state index in [-0.39, 0.29) is 29.7 Å². The van der Waals surface area contributed by atoms with Crippen LogP contribution in [0.2, 0.25) is 5.02 Å². The summed E-state index contributed by atoms with van der Waals surface area (Å²) in [6, 6.07) is 9.95. The minimum atomic E-state index is -3.67. The highest BCUT2D eigenvalue weighted by atomic mass is 35.5. The fraction of sp³-hybridized carbons (Fsp3) is 0.294. The average Bonchev–Trinajstić information content (AvgIpc) is 3.21. The number of aromatic nitrogens is 3. The SMILES string of the molecule is O=c1n(CCNS(=O)(=O)c2ccc(Cl)cc2)nc(-c2cccs2)n1C1CC1. The maximum atomic E-state index is 12.7. The number of thiophene rings is 1. The van der Waals surface area contributed by atoms with Crippen LogP contribution in [0.15, 0.2) is 51.5 Å². The van der Waals surface area contributed by atoms with Gasteiger partial charge in [-0.3, -0.25) is 4.57 Å². The first-order chi connectivity index (χ1) is 13.0. The fourth-order valence-corrected chi connectivity index (χ4v) is 4.64. The van der Waals surface area contributed by atoms with E-state index in [0.717, 1.165) is 17.7 Å². The molecule has 142 valence electrons. The van der Waals surface area contributed by atoms with Gasteiger partial charge in [-0.1, -0.05) is 17.7 Å². The van der Waals surface area contributed by atoms with E-state index in [4.69, 9.17) is 11.6 Å². The van der Waals surface area contributed by atoms with Crippen molar-refractivity contribution in [3.8, 4) is 10.7 Å². The number of sulfonamides is 1. The van der Waals surface area contributed by atoms with Gasteiger partial charge in [-0.25, -0.2) is 22.6 Å². The highest BCUT2D eigenvalue weighted by Gasteiger charge is 2.30. The maximum absolute atomic E-state index is 12.7. The first-order valence-corrected chi connectivity index (χ1v) is 11.2. The quantitative estimate of drug-likeness (QED) is 0.631. The molecule has 0 aliphatic heterocycles. The monoisotopic (exact) mass is 424 g/mol. The van der Waals surface area contributed by atoms with Gasteiger partial charge in [0.2, 0.25) is 10.0 Å². The summed E-state index contributed by atoms with van der Waals surface area (Å²) in [6.45, 7) is 0.222. The van der Waals surface area contributed by atoms with Crippen LogP contribution >= 0.6 is 22.9 Å². The standard InChI is InChI=1S/C17H17ClN4O3S2/c18-12-3-7-14(8-4-12)27(24,25)19-9-10-21-17(23)22(13-5-6-13)16(20-21)15-2-1-11-26-15/h1-4,7-8,11,13,19H,5-6,9-10H2. The van der Waals surface area contributed by atoms with E-state index >= 15 is 0 Å². The number of benzene rings is 1. The number of hydrogen-bond acceptors (Lipinski definition) is 5. The van der Waals surface area contributed by atoms with Crippen LogP contribution in [0.5, 0.6) is 0 Å². The van der Waals surface area contributed by atoms with Gasteiger partial charge >= 0.3 is 5.69 Å². The number of rotatable bonds is 7. The Kier molecular flexibility index (Phi) is 4.94. The second-order valence-electron chi connectivity index (χ2n) is 6.26. The molecule has 2 heterocycles. The molecule has 10 heteroatoms. The molecule has 2 aromatic heterocycles. The summed E-state index contributed by atoms with van der Waals surface area (Å²) in [4.78, 5) is 13.8. The maximum Gasteiger partial charge on any atom is 0.346 e. The summed E-state index contributed by atoms with van der Waals surface area (Å²) in [7, 11) is -3.67. The van der Waals surface area contributed by atoms with Crippen LogP contribution in [0.1, 0.15) is 18.9 Å². The van der Waals surface area contributed by atoms with Gasteiger partial charge in [0.05, 0.1) is 16.3 Å². The molecule has 1 aromatic carbocycles. The van der Waals surface area contributed by atoms with Crippen LogP contribution in [0, 0.1) is 0 Å². The Morgan fingerprint density at radius 3 is 2.59 bits per heavy atom. The highest BCUT2D eigenvalue weighted by Crippen LogP contribution is 2.37. The van der Waals surface area contributed by atoms with Crippen LogP contribution in [0.3, 0.4) is 0 Å². The molecule has 1 N–H and O–H groups in total. The highest BCUT2D eigenvalue weighted by molar-refractivity contribution is 7.89. The van der Waals surface area contributed by atoms with Crippen molar-refractivity contribution in [3.63, 3.8) is 0 Å². The van der Waals surface area contributed by atoms with Crippen LogP contribution in [-0.4, -0.2) is 29.3 Å². The molecule has 0 radical (unpaired) electrons. The average molecular weight is 425 g/mol. The molecular formula is C17H17ClN4O3S2. The molecule has 4 rings (SSSR count). The predicted octanol–water partition coefficient (Wildman–Crippen LogP) is 2.74. The lowest BCUT2D eigenvalue weighted by Gasteiger charge is -2.06. The van der Waals surface area contributed by atoms with Gasteiger partial charge in [0.1, 0.15) is 0 Å². The van der Waals surface area contributed by atoms with Crippen molar-refractivity contribution in [2.75, 3.05) is 6.54 Å². The Labute approximate surface area is 165 Å². The predicted molar refractivity (Wildman–Crippen MR) is 105 cm³/mol. The van der Waals surface area contributed by atoms with Crippen LogP contribution in [-0.2, 0) is 16.6 Å². The third kappa shape index (κ3) is 3.86. The molecule has 1 aliphatic carbocycles. The van der Waals surface area contributed by atoms with E-state index in [1.807, 2.05) is 17.5 Å². The lowest BCUT2D eigenvalue weighted by molar-refractivity contribution is 0.547. The van der Waals surface area contributed by atoms with Crippen LogP contribution < -0.4 is 10.4 Å². The lowest BCUT2D eigenvalue weighted by Crippen LogP contribution is -2.32. The summed E-state index contributed by atoms with van der Waals surface area (Å²) in [5, 5.41) is 6.85. The smallest absolute Gasteiger partial charge is 0.271 e. The molecule has 1 fully saturated rings. The zero-order valence-electron chi connectivity index (χ0n) is 14.2. The Morgan fingerprint density at radius 1 is 1.22 bits per heavy atom. The van der Waals surface area contributed by atoms with Crippen molar-refractivity contribution in [2.45, 2.75) is 30.3 Å². The van der Waals surface area contributed by atoms with Crippen LogP contribution in [0.4, 0.5) is 0 Å². The minimum Gasteiger partial charge on any atom is -0.271 e. The van der Waals surface area contributed by atoms with E-state index in [1.165, 1.54) is 40.3 Å². The normalized spacial score (nSPS) is 14.6. The number of nitrogens with zero attached hydrogens (tertiary/aromatic N) is 3. The molecule has 7 nitrogen and oxygen atoms in total. The van der Waals surface area contributed by atoms with E-state index in [9.17, 15) is 13.2 Å². The van der Waals surface area contributed by atoms with Gasteiger partial charge in [0.25, 0.3) is 0 Å². The Bertz CT molecular complexity index is 1100. The van der Waals surface area contributed by atoms with Gasteiger partial charge < -0.3 is 0 Å². The number of hydrogen-bond donors (Lipinski definition) is 1. The first kappa shape index (κ1) is 18.4. The van der Waals surface area contributed by atoms with Crippen molar-refractivity contribution in [1.82, 2.24) is 19.1 Å². The van der Waals surface area contributed by atoms with Crippen molar-refractivity contribution < 1.29 is 8.42 Å². The van der Waals surface area contributed by atoms with Gasteiger partial charge in [-0.15, -0.1) is 16.4 Å². The molecule has 0 amide bonds. The first-order valence-electron chi connectivity index (χ1n) is 8.44. The molecule has 0 unspecified atom stereocenters. The van der Waals surface area contributed by atoms with Gasteiger partial charge in [0.15, 0.2) is 5.82 Å². The summed E-state index contributed by atoms with van der Waals surface area (Å²) < 4.78 is 30.2. The zero-order valence-corrected chi connectivity index (χ0v) is 16.6. The largest absolute Gasteiger partial charge is 0.346 e. The van der Waals surface area contributed by atoms with E-state index in [0.29, 0.717) is 10.8 Å². The number of nitrogens with one attached hydrogen (secondary N) is 1. The molecule has 1 saturated carbocycles. The summed E-state index contributed by atoms with van der Waals surface area (Å²) >= 11 is 7.32. The van der Waals surface area contributed by atoms with Crippen molar-refractivity contribution in [3.05, 3.63) is 57.3 Å². The topological polar surface area (TPSA) is 86.0 Å². The van der Waals surface area contributed by atoms with E-state index < -0.39 is 10.0 Å². The van der Waals surface area contributed by atoms with E-state index in [1.54, 1.807) is 4.57 Å². The second kappa shape index (κ2) is 7.23. The lowest BCUT2D eigenvalue weighted by atomic mass is 10.4. The molecule has 0 spiro atoms. The van der Waals surface area contributed by atoms with Crippen molar-refractivity contribution in [1.29, 1.82) is 0 Å². The summed E-state index contributed by atoms with van der Waals surface area (Å²) in [5.74, 6) is 0.651. The summed E-state index contributed by atoms with van der Waals surface area (Å²) in [5.41, 5.74) is -0.202.